The summed E-state index contributed by atoms with van der Waals surface area (Å²) in [4.78, 5) is 21.6. The molecule has 0 N–H and O–H groups in total. The van der Waals surface area contributed by atoms with Gasteiger partial charge in [0, 0.05) is 18.7 Å². The molecule has 6 nitrogen and oxygen atoms in total. The van der Waals surface area contributed by atoms with Gasteiger partial charge in [0.15, 0.2) is 0 Å². The highest BCUT2D eigenvalue weighted by Crippen LogP contribution is 2.22. The number of hydrogen-bond donors (Lipinski definition) is 0. The summed E-state index contributed by atoms with van der Waals surface area (Å²) in [5.74, 6) is 0.326. The standard InChI is InChI=1S/C14H20ClN3O3S/c1-14(2,3)21-13(19)18-6-4-5-10(18)8-22(20)12-7-11(15)16-9-17-12/h7,9-10H,4-6,8H2,1-3H3/t10-,22+/m1/s1. The molecule has 0 aliphatic carbocycles. The molecule has 8 heteroatoms. The number of carbonyl (C=O) groups excluding carboxylic acids is 1. The fourth-order valence-electron chi connectivity index (χ4n) is 2.27. The summed E-state index contributed by atoms with van der Waals surface area (Å²) in [6.45, 7) is 6.12. The van der Waals surface area contributed by atoms with Gasteiger partial charge in [-0.05, 0) is 33.6 Å². The molecule has 2 rings (SSSR count). The molecule has 0 radical (unpaired) electrons. The maximum atomic E-state index is 12.4. The Balaban J connectivity index is 2.02. The summed E-state index contributed by atoms with van der Waals surface area (Å²) in [6.07, 6.45) is 2.62. The van der Waals surface area contributed by atoms with Gasteiger partial charge in [0.2, 0.25) is 0 Å². The number of rotatable bonds is 3. The molecule has 0 bridgehead atoms. The highest BCUT2D eigenvalue weighted by atomic mass is 35.5. The number of nitrogens with zero attached hydrogens (tertiary/aromatic N) is 3. The van der Waals surface area contributed by atoms with Gasteiger partial charge in [0.1, 0.15) is 22.1 Å². The molecule has 1 amide bonds. The number of ether oxygens (including phenoxy) is 1. The van der Waals surface area contributed by atoms with Gasteiger partial charge in [-0.15, -0.1) is 0 Å². The van der Waals surface area contributed by atoms with Gasteiger partial charge in [0.05, 0.1) is 16.6 Å². The van der Waals surface area contributed by atoms with E-state index in [-0.39, 0.29) is 17.3 Å². The second kappa shape index (κ2) is 6.91. The molecule has 1 aromatic heterocycles. The van der Waals surface area contributed by atoms with E-state index < -0.39 is 16.4 Å². The summed E-state index contributed by atoms with van der Waals surface area (Å²) in [5.41, 5.74) is -0.538. The van der Waals surface area contributed by atoms with Gasteiger partial charge >= 0.3 is 6.09 Å². The lowest BCUT2D eigenvalue weighted by atomic mass is 10.2. The molecule has 1 fully saturated rings. The Morgan fingerprint density at radius 3 is 2.86 bits per heavy atom. The zero-order valence-corrected chi connectivity index (χ0v) is 14.5. The van der Waals surface area contributed by atoms with E-state index in [1.54, 1.807) is 4.90 Å². The van der Waals surface area contributed by atoms with E-state index in [1.807, 2.05) is 20.8 Å². The average molecular weight is 346 g/mol. The van der Waals surface area contributed by atoms with Crippen molar-refractivity contribution in [1.29, 1.82) is 0 Å². The quantitative estimate of drug-likeness (QED) is 0.787. The van der Waals surface area contributed by atoms with Crippen molar-refractivity contribution in [2.45, 2.75) is 50.3 Å². The largest absolute Gasteiger partial charge is 0.444 e. The Kier molecular flexibility index (Phi) is 5.39. The molecule has 122 valence electrons. The third-order valence-corrected chi connectivity index (χ3v) is 4.77. The van der Waals surface area contributed by atoms with Crippen molar-refractivity contribution in [3.8, 4) is 0 Å². The van der Waals surface area contributed by atoms with Crippen molar-refractivity contribution in [1.82, 2.24) is 14.9 Å². The predicted octanol–water partition coefficient (Wildman–Crippen LogP) is 2.64. The van der Waals surface area contributed by atoms with E-state index in [0.29, 0.717) is 17.3 Å². The van der Waals surface area contributed by atoms with Crippen LogP contribution < -0.4 is 0 Å². The molecule has 1 saturated heterocycles. The predicted molar refractivity (Wildman–Crippen MR) is 84.3 cm³/mol. The highest BCUT2D eigenvalue weighted by Gasteiger charge is 2.33. The van der Waals surface area contributed by atoms with E-state index >= 15 is 0 Å². The normalized spacial score (nSPS) is 20.0. The van der Waals surface area contributed by atoms with Crippen LogP contribution in [0.4, 0.5) is 4.79 Å². The lowest BCUT2D eigenvalue weighted by Crippen LogP contribution is -2.42. The summed E-state index contributed by atoms with van der Waals surface area (Å²) >= 11 is 5.79. The van der Waals surface area contributed by atoms with Crippen molar-refractivity contribution >= 4 is 28.5 Å². The van der Waals surface area contributed by atoms with Crippen LogP contribution in [0.25, 0.3) is 0 Å². The van der Waals surface area contributed by atoms with E-state index in [4.69, 9.17) is 16.3 Å². The number of hydrogen-bond acceptors (Lipinski definition) is 5. The van der Waals surface area contributed by atoms with Gasteiger partial charge in [0.25, 0.3) is 0 Å². The van der Waals surface area contributed by atoms with Gasteiger partial charge in [-0.2, -0.15) is 0 Å². The SMILES string of the molecule is CC(C)(C)OC(=O)N1CCC[C@@H]1C[S@](=O)c1cc(Cl)ncn1. The van der Waals surface area contributed by atoms with Gasteiger partial charge < -0.3 is 9.64 Å². The molecule has 22 heavy (non-hydrogen) atoms. The van der Waals surface area contributed by atoms with Crippen molar-refractivity contribution in [2.24, 2.45) is 0 Å². The van der Waals surface area contributed by atoms with E-state index in [9.17, 15) is 9.00 Å². The van der Waals surface area contributed by atoms with E-state index in [1.165, 1.54) is 12.4 Å². The Labute approximate surface area is 137 Å². The van der Waals surface area contributed by atoms with Crippen LogP contribution in [0.3, 0.4) is 0 Å². The van der Waals surface area contributed by atoms with Crippen LogP contribution in [0.2, 0.25) is 5.15 Å². The Hall–Kier alpha value is -1.21. The first-order chi connectivity index (χ1) is 10.3. The molecule has 0 saturated carbocycles. The second-order valence-corrected chi connectivity index (χ2v) is 7.99. The number of amides is 1. The van der Waals surface area contributed by atoms with Crippen LogP contribution in [0.5, 0.6) is 0 Å². The lowest BCUT2D eigenvalue weighted by molar-refractivity contribution is 0.0241. The summed E-state index contributed by atoms with van der Waals surface area (Å²) in [5, 5.41) is 0.643. The molecule has 1 aromatic rings. The molecule has 1 aliphatic heterocycles. The number of carbonyl (C=O) groups is 1. The molecule has 0 unspecified atom stereocenters. The van der Waals surface area contributed by atoms with Crippen LogP contribution in [-0.4, -0.2) is 49.1 Å². The van der Waals surface area contributed by atoms with Crippen LogP contribution in [0, 0.1) is 0 Å². The van der Waals surface area contributed by atoms with Crippen LogP contribution >= 0.6 is 11.6 Å². The fraction of sp³-hybridized carbons (Fsp3) is 0.643. The van der Waals surface area contributed by atoms with Crippen molar-refractivity contribution < 1.29 is 13.7 Å². The lowest BCUT2D eigenvalue weighted by Gasteiger charge is -2.28. The zero-order chi connectivity index (χ0) is 16.3. The van der Waals surface area contributed by atoms with Crippen LogP contribution in [0.15, 0.2) is 17.4 Å². The average Bonchev–Trinajstić information content (AvgIpc) is 2.85. The van der Waals surface area contributed by atoms with Crippen molar-refractivity contribution in [3.05, 3.63) is 17.5 Å². The summed E-state index contributed by atoms with van der Waals surface area (Å²) in [7, 11) is -1.33. The Morgan fingerprint density at radius 2 is 2.23 bits per heavy atom. The Morgan fingerprint density at radius 1 is 1.50 bits per heavy atom. The van der Waals surface area contributed by atoms with Crippen molar-refractivity contribution in [2.75, 3.05) is 12.3 Å². The van der Waals surface area contributed by atoms with Crippen LogP contribution in [0.1, 0.15) is 33.6 Å². The number of halogens is 1. The molecule has 1 aliphatic rings. The summed E-state index contributed by atoms with van der Waals surface area (Å²) in [6, 6.07) is 1.38. The molecular weight excluding hydrogens is 326 g/mol. The first-order valence-corrected chi connectivity index (χ1v) is 8.81. The van der Waals surface area contributed by atoms with Gasteiger partial charge in [-0.3, -0.25) is 4.21 Å². The number of likely N-dealkylation sites (tertiary alicyclic amines) is 1. The number of aromatic nitrogens is 2. The summed E-state index contributed by atoms with van der Waals surface area (Å²) < 4.78 is 17.8. The maximum Gasteiger partial charge on any atom is 0.410 e. The highest BCUT2D eigenvalue weighted by molar-refractivity contribution is 7.85. The molecule has 2 heterocycles. The van der Waals surface area contributed by atoms with Crippen LogP contribution in [-0.2, 0) is 15.5 Å². The molecule has 0 spiro atoms. The maximum absolute atomic E-state index is 12.4. The second-order valence-electron chi connectivity index (χ2n) is 6.16. The minimum absolute atomic E-state index is 0.107. The van der Waals surface area contributed by atoms with E-state index in [0.717, 1.165) is 12.8 Å². The van der Waals surface area contributed by atoms with Gasteiger partial charge in [-0.1, -0.05) is 11.6 Å². The zero-order valence-electron chi connectivity index (χ0n) is 12.9. The monoisotopic (exact) mass is 345 g/mol. The minimum atomic E-state index is -1.33. The third-order valence-electron chi connectivity index (χ3n) is 3.19. The van der Waals surface area contributed by atoms with Crippen molar-refractivity contribution in [3.63, 3.8) is 0 Å². The van der Waals surface area contributed by atoms with Gasteiger partial charge in [-0.25, -0.2) is 14.8 Å². The Bertz CT molecular complexity index is 577. The third kappa shape index (κ3) is 4.64. The first kappa shape index (κ1) is 17.1. The van der Waals surface area contributed by atoms with E-state index in [2.05, 4.69) is 9.97 Å². The topological polar surface area (TPSA) is 72.4 Å². The first-order valence-electron chi connectivity index (χ1n) is 7.12. The fourth-order valence-corrected chi connectivity index (χ4v) is 3.76. The smallest absolute Gasteiger partial charge is 0.410 e. The molecule has 0 aromatic carbocycles. The molecule has 2 atom stereocenters. The minimum Gasteiger partial charge on any atom is -0.444 e. The molecular formula is C14H20ClN3O3S.